The molecule has 0 aliphatic heterocycles. The maximum atomic E-state index is 11.8. The van der Waals surface area contributed by atoms with Crippen LogP contribution in [0.5, 0.6) is 11.5 Å². The molecule has 1 aromatic carbocycles. The van der Waals surface area contributed by atoms with Crippen molar-refractivity contribution in [2.75, 3.05) is 7.11 Å². The molecular weight excluding hydrogens is 376 g/mol. The van der Waals surface area contributed by atoms with E-state index in [0.717, 1.165) is 18.4 Å². The van der Waals surface area contributed by atoms with E-state index in [1.807, 2.05) is 0 Å². The van der Waals surface area contributed by atoms with Crippen molar-refractivity contribution in [2.24, 2.45) is 0 Å². The van der Waals surface area contributed by atoms with Gasteiger partial charge in [0.25, 0.3) is 0 Å². The van der Waals surface area contributed by atoms with E-state index in [9.17, 15) is 9.90 Å². The Morgan fingerprint density at radius 1 is 0.900 bits per heavy atom. The van der Waals surface area contributed by atoms with Crippen molar-refractivity contribution in [1.82, 2.24) is 0 Å². The summed E-state index contributed by atoms with van der Waals surface area (Å²) >= 11 is 0. The van der Waals surface area contributed by atoms with Crippen LogP contribution in [0.2, 0.25) is 0 Å². The van der Waals surface area contributed by atoms with Gasteiger partial charge in [-0.05, 0) is 49.8 Å². The summed E-state index contributed by atoms with van der Waals surface area (Å²) in [5.74, 6) is 0.296. The molecule has 0 heterocycles. The number of esters is 1. The molecule has 0 bridgehead atoms. The summed E-state index contributed by atoms with van der Waals surface area (Å²) in [5, 5.41) is 9.74. The highest BCUT2D eigenvalue weighted by Gasteiger charge is 2.06. The van der Waals surface area contributed by atoms with Gasteiger partial charge in [-0.15, -0.1) is 0 Å². The van der Waals surface area contributed by atoms with Crippen molar-refractivity contribution >= 4 is 5.97 Å². The lowest BCUT2D eigenvalue weighted by Crippen LogP contribution is -2.04. The van der Waals surface area contributed by atoms with Crippen LogP contribution in [0, 0.1) is 0 Å². The quantitative estimate of drug-likeness (QED) is 0.152. The number of phenolic OH excluding ortho intramolecular Hbond substituents is 1. The van der Waals surface area contributed by atoms with Gasteiger partial charge >= 0.3 is 5.97 Å². The van der Waals surface area contributed by atoms with Gasteiger partial charge < -0.3 is 14.6 Å². The van der Waals surface area contributed by atoms with E-state index in [2.05, 4.69) is 19.1 Å². The van der Waals surface area contributed by atoms with Gasteiger partial charge in [-0.3, -0.25) is 4.79 Å². The number of allylic oxidation sites excluding steroid dienone is 2. The maximum Gasteiger partial charge on any atom is 0.306 e. The van der Waals surface area contributed by atoms with E-state index in [0.29, 0.717) is 12.2 Å². The first-order valence-corrected chi connectivity index (χ1v) is 11.8. The van der Waals surface area contributed by atoms with Crippen LogP contribution in [0.1, 0.15) is 102 Å². The zero-order chi connectivity index (χ0) is 21.9. The minimum atomic E-state index is -0.178. The van der Waals surface area contributed by atoms with Gasteiger partial charge in [0.05, 0.1) is 7.11 Å². The van der Waals surface area contributed by atoms with Crippen LogP contribution in [0.3, 0.4) is 0 Å². The first kappa shape index (κ1) is 26.1. The average Bonchev–Trinajstić information content (AvgIpc) is 2.75. The molecule has 0 unspecified atom stereocenters. The Morgan fingerprint density at radius 2 is 1.50 bits per heavy atom. The molecule has 0 fully saturated rings. The Balaban J connectivity index is 1.92. The summed E-state index contributed by atoms with van der Waals surface area (Å²) in [4.78, 5) is 11.8. The molecule has 0 spiro atoms. The van der Waals surface area contributed by atoms with Gasteiger partial charge in [0.15, 0.2) is 11.5 Å². The van der Waals surface area contributed by atoms with Gasteiger partial charge in [0.2, 0.25) is 0 Å². The van der Waals surface area contributed by atoms with Crippen LogP contribution < -0.4 is 4.74 Å². The molecule has 0 aliphatic carbocycles. The Bertz CT molecular complexity index is 595. The lowest BCUT2D eigenvalue weighted by molar-refractivity contribution is -0.145. The molecule has 0 saturated heterocycles. The minimum absolute atomic E-state index is 0.0586. The standard InChI is InChI=1S/C26H42O4/c1-3-4-5-6-7-8-9-10-11-12-13-14-15-16-17-18-26(28)30-22-23-19-20-25(29-2)24(27)21-23/h10-11,19-21,27H,3-9,12-18,22H2,1-2H3/b11-10-. The molecule has 1 N–H and O–H groups in total. The van der Waals surface area contributed by atoms with Gasteiger partial charge in [0, 0.05) is 6.42 Å². The van der Waals surface area contributed by atoms with Gasteiger partial charge in [-0.1, -0.05) is 76.5 Å². The molecule has 0 amide bonds. The molecule has 0 radical (unpaired) electrons. The zero-order valence-electron chi connectivity index (χ0n) is 19.2. The van der Waals surface area contributed by atoms with Crippen molar-refractivity contribution in [3.8, 4) is 11.5 Å². The summed E-state index contributed by atoms with van der Waals surface area (Å²) in [7, 11) is 1.50. The fraction of sp³-hybridized carbons (Fsp3) is 0.654. The number of hydrogen-bond acceptors (Lipinski definition) is 4. The lowest BCUT2D eigenvalue weighted by atomic mass is 10.1. The van der Waals surface area contributed by atoms with E-state index in [-0.39, 0.29) is 18.3 Å². The van der Waals surface area contributed by atoms with Crippen molar-refractivity contribution in [3.63, 3.8) is 0 Å². The summed E-state index contributed by atoms with van der Waals surface area (Å²) in [5.41, 5.74) is 0.756. The fourth-order valence-electron chi connectivity index (χ4n) is 3.40. The number of carbonyl (C=O) groups excluding carboxylic acids is 1. The molecule has 30 heavy (non-hydrogen) atoms. The molecule has 170 valence electrons. The highest BCUT2D eigenvalue weighted by Crippen LogP contribution is 2.26. The van der Waals surface area contributed by atoms with Crippen LogP contribution in [0.4, 0.5) is 0 Å². The van der Waals surface area contributed by atoms with Crippen LogP contribution in [0.25, 0.3) is 0 Å². The first-order chi connectivity index (χ1) is 14.7. The van der Waals surface area contributed by atoms with Crippen LogP contribution in [-0.4, -0.2) is 18.2 Å². The number of hydrogen-bond donors (Lipinski definition) is 1. The second kappa shape index (κ2) is 17.9. The number of methoxy groups -OCH3 is 1. The highest BCUT2D eigenvalue weighted by atomic mass is 16.5. The van der Waals surface area contributed by atoms with Crippen molar-refractivity contribution < 1.29 is 19.4 Å². The molecule has 1 aromatic rings. The SMILES string of the molecule is CCCCCCCC/C=C\CCCCCCCC(=O)OCc1ccc(OC)c(O)c1. The van der Waals surface area contributed by atoms with Crippen LogP contribution >= 0.6 is 0 Å². The Morgan fingerprint density at radius 3 is 2.10 bits per heavy atom. The Labute approximate surface area is 183 Å². The fourth-order valence-corrected chi connectivity index (χ4v) is 3.40. The van der Waals surface area contributed by atoms with Crippen LogP contribution in [-0.2, 0) is 16.1 Å². The first-order valence-electron chi connectivity index (χ1n) is 11.8. The number of rotatable bonds is 18. The smallest absolute Gasteiger partial charge is 0.306 e. The predicted molar refractivity (Wildman–Crippen MR) is 124 cm³/mol. The van der Waals surface area contributed by atoms with Gasteiger partial charge in [-0.2, -0.15) is 0 Å². The summed E-state index contributed by atoms with van der Waals surface area (Å²) in [6.45, 7) is 2.44. The largest absolute Gasteiger partial charge is 0.504 e. The number of phenols is 1. The number of aromatic hydroxyl groups is 1. The third kappa shape index (κ3) is 13.3. The molecular formula is C26H42O4. The molecule has 4 nitrogen and oxygen atoms in total. The van der Waals surface area contributed by atoms with E-state index < -0.39 is 0 Å². The van der Waals surface area contributed by atoms with Crippen molar-refractivity contribution in [2.45, 2.75) is 103 Å². The lowest BCUT2D eigenvalue weighted by Gasteiger charge is -2.07. The highest BCUT2D eigenvalue weighted by molar-refractivity contribution is 5.69. The number of benzene rings is 1. The molecule has 0 aromatic heterocycles. The number of carbonyl (C=O) groups is 1. The molecule has 0 saturated carbocycles. The summed E-state index contributed by atoms with van der Waals surface area (Å²) in [6.07, 6.45) is 21.3. The second-order valence-electron chi connectivity index (χ2n) is 8.00. The van der Waals surface area contributed by atoms with Gasteiger partial charge in [-0.25, -0.2) is 0 Å². The minimum Gasteiger partial charge on any atom is -0.504 e. The molecule has 0 atom stereocenters. The summed E-state index contributed by atoms with van der Waals surface area (Å²) in [6, 6.07) is 5.02. The topological polar surface area (TPSA) is 55.8 Å². The molecule has 1 rings (SSSR count). The van der Waals surface area contributed by atoms with Crippen molar-refractivity contribution in [3.05, 3.63) is 35.9 Å². The number of unbranched alkanes of at least 4 members (excludes halogenated alkanes) is 11. The zero-order valence-corrected chi connectivity index (χ0v) is 19.2. The second-order valence-corrected chi connectivity index (χ2v) is 8.00. The van der Waals surface area contributed by atoms with E-state index in [1.165, 1.54) is 77.7 Å². The maximum absolute atomic E-state index is 11.8. The monoisotopic (exact) mass is 418 g/mol. The third-order valence-corrected chi connectivity index (χ3v) is 5.29. The summed E-state index contributed by atoms with van der Waals surface area (Å²) < 4.78 is 10.3. The predicted octanol–water partition coefficient (Wildman–Crippen LogP) is 7.48. The normalized spacial score (nSPS) is 11.1. The Kier molecular flexibility index (Phi) is 15.5. The van der Waals surface area contributed by atoms with E-state index in [4.69, 9.17) is 9.47 Å². The number of ether oxygens (including phenoxy) is 2. The molecule has 4 heteroatoms. The van der Waals surface area contributed by atoms with E-state index >= 15 is 0 Å². The van der Waals surface area contributed by atoms with Crippen LogP contribution in [0.15, 0.2) is 30.4 Å². The van der Waals surface area contributed by atoms with Gasteiger partial charge in [0.1, 0.15) is 6.61 Å². The van der Waals surface area contributed by atoms with E-state index in [1.54, 1.807) is 18.2 Å². The molecule has 0 aliphatic rings. The van der Waals surface area contributed by atoms with Crippen molar-refractivity contribution in [1.29, 1.82) is 0 Å². The third-order valence-electron chi connectivity index (χ3n) is 5.29. The Hall–Kier alpha value is -1.97. The average molecular weight is 419 g/mol.